The molecule has 2 aromatic heterocycles. The van der Waals surface area contributed by atoms with Gasteiger partial charge >= 0.3 is 5.97 Å². The van der Waals surface area contributed by atoms with Crippen molar-refractivity contribution in [1.29, 1.82) is 0 Å². The van der Waals surface area contributed by atoms with Crippen molar-refractivity contribution >= 4 is 110 Å². The molecule has 4 aromatic carbocycles. The molecule has 14 N–H and O–H groups in total. The predicted molar refractivity (Wildman–Crippen MR) is 357 cm³/mol. The largest absolute Gasteiger partial charge is 0.508 e. The number of benzene rings is 4. The van der Waals surface area contributed by atoms with Gasteiger partial charge < -0.3 is 68.4 Å². The van der Waals surface area contributed by atoms with Crippen LogP contribution in [-0.4, -0.2) is 157 Å². The van der Waals surface area contributed by atoms with Gasteiger partial charge in [-0.15, -0.1) is 0 Å². The van der Waals surface area contributed by atoms with Crippen LogP contribution in [0.5, 0.6) is 5.75 Å². The van der Waals surface area contributed by atoms with E-state index in [0.29, 0.717) is 81.6 Å². The number of aliphatic carboxylic acids is 1. The first-order valence-electron chi connectivity index (χ1n) is 31.8. The van der Waals surface area contributed by atoms with Gasteiger partial charge in [0.15, 0.2) is 11.6 Å². The van der Waals surface area contributed by atoms with E-state index in [1.165, 1.54) is 115 Å². The lowest BCUT2D eigenvalue weighted by Gasteiger charge is -2.37. The maximum Gasteiger partial charge on any atom is 0.304 e. The van der Waals surface area contributed by atoms with Gasteiger partial charge in [-0.05, 0) is 135 Å². The minimum atomic E-state index is -1.72. The van der Waals surface area contributed by atoms with Crippen molar-refractivity contribution in [2.45, 2.75) is 138 Å². The molecule has 512 valence electrons. The van der Waals surface area contributed by atoms with Crippen LogP contribution < -0.4 is 43.4 Å². The summed E-state index contributed by atoms with van der Waals surface area (Å²) < 4.78 is 29.7. The first-order chi connectivity index (χ1) is 45.9. The zero-order valence-corrected chi connectivity index (χ0v) is 54.9. The summed E-state index contributed by atoms with van der Waals surface area (Å²) in [7, 11) is 0. The number of aromatic amines is 2. The molecule has 1 saturated heterocycles. The molecule has 2 bridgehead atoms. The summed E-state index contributed by atoms with van der Waals surface area (Å²) in [6.45, 7) is 2.55. The molecule has 6 aromatic rings. The lowest BCUT2D eigenvalue weighted by Crippen LogP contribution is -2.63. The SMILES string of the molecule is C[C@H]1NC(=O)[C@H](CC(=O)O)CC(=O)[C@H](Cc2c[nH]c3ccc(F)cc23)NC(=O)[C@H](Cc2c[nH]c3ccc(F)cc23)CC(=O)CNC(=O)[C@H](CCCCN)NC(=O)CCSCc2cccc(c2)CSC[C@@H](C(N)=O)NC(=O)[C@]2(C)CCCN2C(=O)[C@H](Cc2ccc(O)cc2)NC1=O. The highest BCUT2D eigenvalue weighted by molar-refractivity contribution is 7.98. The highest BCUT2D eigenvalue weighted by Crippen LogP contribution is 2.32. The summed E-state index contributed by atoms with van der Waals surface area (Å²) in [5.74, 6) is -12.4. The Labute approximate surface area is 561 Å². The topological polar surface area (TPSA) is 387 Å². The molecular weight excluding hydrogens is 1280 g/mol. The summed E-state index contributed by atoms with van der Waals surface area (Å²) in [5, 5.41) is 37.0. The second-order valence-corrected chi connectivity index (χ2v) is 26.7. The fraction of sp³-hybridized carbons (Fsp3) is 0.426. The second-order valence-electron chi connectivity index (χ2n) is 24.6. The number of hydrogen-bond donors (Lipinski definition) is 12. The summed E-state index contributed by atoms with van der Waals surface area (Å²) >= 11 is 2.81. The first kappa shape index (κ1) is 72.7. The first-order valence-corrected chi connectivity index (χ1v) is 34.1. The minimum Gasteiger partial charge on any atom is -0.508 e. The van der Waals surface area contributed by atoms with E-state index < -0.39 is 150 Å². The number of amides is 8. The van der Waals surface area contributed by atoms with E-state index in [9.17, 15) is 71.7 Å². The Morgan fingerprint density at radius 2 is 1.33 bits per heavy atom. The van der Waals surface area contributed by atoms with Gasteiger partial charge in [0.25, 0.3) is 0 Å². The summed E-state index contributed by atoms with van der Waals surface area (Å²) in [6.07, 6.45) is 1.51. The van der Waals surface area contributed by atoms with E-state index in [4.69, 9.17) is 11.5 Å². The van der Waals surface area contributed by atoms with E-state index in [-0.39, 0.29) is 56.6 Å². The number of primary amides is 1. The number of nitrogens with two attached hydrogens (primary N) is 2. The fourth-order valence-corrected chi connectivity index (χ4v) is 13.8. The maximum atomic E-state index is 15.0. The zero-order valence-electron chi connectivity index (χ0n) is 53.3. The van der Waals surface area contributed by atoms with Crippen LogP contribution >= 0.6 is 23.5 Å². The summed E-state index contributed by atoms with van der Waals surface area (Å²) in [4.78, 5) is 162. The molecule has 2 aliphatic rings. The average Bonchev–Trinajstić information content (AvgIpc) is 1.57. The van der Waals surface area contributed by atoms with Gasteiger partial charge in [0.1, 0.15) is 47.1 Å². The predicted octanol–water partition coefficient (Wildman–Crippen LogP) is 4.41. The van der Waals surface area contributed by atoms with Gasteiger partial charge in [-0.2, -0.15) is 23.5 Å². The fourth-order valence-electron chi connectivity index (χ4n) is 11.9. The third-order valence-electron chi connectivity index (χ3n) is 17.3. The average molecular weight is 1360 g/mol. The Bertz CT molecular complexity index is 3850. The number of nitrogens with zero attached hydrogens (tertiary/aromatic N) is 1. The highest BCUT2D eigenvalue weighted by Gasteiger charge is 2.48. The number of thioether (sulfide) groups is 2. The van der Waals surface area contributed by atoms with Crippen LogP contribution in [0, 0.1) is 23.5 Å². The number of halogens is 2. The Kier molecular flexibility index (Phi) is 25.7. The van der Waals surface area contributed by atoms with E-state index in [1.807, 2.05) is 24.3 Å². The lowest BCUT2D eigenvalue weighted by molar-refractivity contribution is -0.147. The number of carboxylic acid groups (broad SMARTS) is 1. The van der Waals surface area contributed by atoms with Crippen molar-refractivity contribution in [3.63, 3.8) is 0 Å². The number of rotatable bonds is 13. The molecule has 2 aliphatic heterocycles. The molecule has 8 rings (SSSR count). The summed E-state index contributed by atoms with van der Waals surface area (Å²) in [5.41, 5.74) is 14.0. The van der Waals surface area contributed by atoms with Crippen molar-refractivity contribution < 1.29 is 71.7 Å². The monoisotopic (exact) mass is 1360 g/mol. The number of H-pyrrole nitrogens is 2. The molecule has 96 heavy (non-hydrogen) atoms. The number of carbonyl (C=O) groups is 11. The van der Waals surface area contributed by atoms with Crippen LogP contribution in [0.4, 0.5) is 8.78 Å². The molecule has 28 heteroatoms. The molecule has 0 unspecified atom stereocenters. The molecule has 0 saturated carbocycles. The van der Waals surface area contributed by atoms with Crippen LogP contribution in [0.1, 0.15) is 99.5 Å². The van der Waals surface area contributed by atoms with Gasteiger partial charge in [-0.1, -0.05) is 36.4 Å². The van der Waals surface area contributed by atoms with E-state index in [1.54, 1.807) is 0 Å². The van der Waals surface area contributed by atoms with Crippen molar-refractivity contribution in [2.75, 3.05) is 31.1 Å². The zero-order chi connectivity index (χ0) is 69.2. The number of aromatic nitrogens is 2. The number of carboxylic acids is 1. The van der Waals surface area contributed by atoms with Crippen molar-refractivity contribution in [3.05, 3.63) is 137 Å². The molecule has 4 heterocycles. The number of unbranched alkanes of at least 4 members (excludes halogenated alkanes) is 1. The molecule has 1 fully saturated rings. The number of phenols is 1. The van der Waals surface area contributed by atoms with Crippen LogP contribution in [0.3, 0.4) is 0 Å². The quantitative estimate of drug-likeness (QED) is 0.0712. The van der Waals surface area contributed by atoms with Crippen LogP contribution in [0.25, 0.3) is 21.8 Å². The van der Waals surface area contributed by atoms with Crippen molar-refractivity contribution in [3.8, 4) is 5.75 Å². The third kappa shape index (κ3) is 20.0. The van der Waals surface area contributed by atoms with Crippen LogP contribution in [0.2, 0.25) is 0 Å². The normalized spacial score (nSPS) is 23.4. The van der Waals surface area contributed by atoms with Gasteiger partial charge in [0.05, 0.1) is 24.9 Å². The number of fused-ring (bicyclic) bond motifs is 5. The Morgan fingerprint density at radius 1 is 0.698 bits per heavy atom. The van der Waals surface area contributed by atoms with E-state index in [0.717, 1.165) is 11.1 Å². The molecule has 24 nitrogen and oxygen atoms in total. The van der Waals surface area contributed by atoms with Gasteiger partial charge in [-0.25, -0.2) is 8.78 Å². The molecule has 0 aliphatic carbocycles. The van der Waals surface area contributed by atoms with E-state index >= 15 is 0 Å². The van der Waals surface area contributed by atoms with Crippen molar-refractivity contribution in [1.82, 2.24) is 46.8 Å². The molecule has 0 radical (unpaired) electrons. The number of hydrogen-bond acceptors (Lipinski definition) is 15. The minimum absolute atomic E-state index is 0.0315. The van der Waals surface area contributed by atoms with E-state index in [2.05, 4.69) is 41.9 Å². The van der Waals surface area contributed by atoms with Gasteiger partial charge in [0.2, 0.25) is 47.3 Å². The van der Waals surface area contributed by atoms with Crippen LogP contribution in [-0.2, 0) is 83.5 Å². The van der Waals surface area contributed by atoms with Crippen LogP contribution in [0.15, 0.2) is 97.3 Å². The molecule has 8 amide bonds. The number of phenolic OH excluding ortho intramolecular Hbond substituents is 1. The Balaban J connectivity index is 1.11. The van der Waals surface area contributed by atoms with Gasteiger partial charge in [0, 0.05) is 102 Å². The molecule has 8 atom stereocenters. The van der Waals surface area contributed by atoms with Gasteiger partial charge in [-0.3, -0.25) is 52.7 Å². The number of Topliss-reactive ketones (excluding diaryl/α,β-unsaturated/α-hetero) is 2. The number of carbonyl (C=O) groups excluding carboxylic acids is 10. The van der Waals surface area contributed by atoms with Crippen molar-refractivity contribution in [2.24, 2.45) is 23.3 Å². The smallest absolute Gasteiger partial charge is 0.304 e. The standard InChI is InChI=1S/C68H81F2N11O13S2/c1-38-62(89)79-56(24-39-10-14-48(82)15-11-39)66(93)81-21-6-19-68(81,2)67(94)80-57(61(72)88)37-96-36-41-8-5-7-40(23-41)35-95-22-18-59(85)77-54(9-3-4-20-71)65(92)75-34-49(83)26-42(25-44-32-73-52-16-12-46(69)30-50(44)52)64(91)78-55(58(84)28-43(29-60(86)87)63(90)76-38)27-45-33-74-53-17-13-47(70)31-51(45)53/h5,7-8,10-17,23,30-33,38,42-43,54-57,73-74,82H,3-4,6,9,18-22,24-29,34-37,71H2,1-2H3,(H2,72,88)(H,75,92)(H,76,90)(H,77,85)(H,78,91)(H,79,89)(H,80,94)(H,86,87)/t38-,42-,43+,54+,55+,56+,57+,68+/m1/s1. The highest BCUT2D eigenvalue weighted by atomic mass is 32.2. The second kappa shape index (κ2) is 34.0. The number of aromatic hydroxyl groups is 1. The number of ketones is 2. The lowest BCUT2D eigenvalue weighted by atomic mass is 9.89. The molecule has 0 spiro atoms. The molecular formula is C68H81F2N11O13S2. The summed E-state index contributed by atoms with van der Waals surface area (Å²) in [6, 6.07) is 14.4. The third-order valence-corrected chi connectivity index (χ3v) is 19.4. The number of nitrogens with one attached hydrogen (secondary N) is 8. The Morgan fingerprint density at radius 3 is 1.98 bits per heavy atom. The maximum absolute atomic E-state index is 15.0. The Hall–Kier alpha value is -9.15.